The molecule has 3 heterocycles. The molecule has 1 fully saturated rings. The summed E-state index contributed by atoms with van der Waals surface area (Å²) in [6, 6.07) is 11.6. The van der Waals surface area contributed by atoms with E-state index >= 15 is 4.39 Å². The van der Waals surface area contributed by atoms with Crippen molar-refractivity contribution >= 4 is 40.2 Å². The standard InChI is InChI=1S/C32H35FN6O3/c1-20-17-35-30(36-18-20)37-23-11-12-25(26(33)16-23)29(40)39(28-27-21(2)8-6-9-22(27)13-14-34-28)24-10-7-15-38(19-24)31(41)42-32(3,4)5/h6,8-9,11-14,16-18,24H,7,10,15,19H2,1-5H3,(H,35,36,37)/t24-/m1/s1. The first kappa shape index (κ1) is 28.9. The molecule has 10 heteroatoms. The third-order valence-corrected chi connectivity index (χ3v) is 7.08. The number of anilines is 3. The van der Waals surface area contributed by atoms with Crippen molar-refractivity contribution in [3.05, 3.63) is 83.6 Å². The predicted octanol–water partition coefficient (Wildman–Crippen LogP) is 6.57. The molecule has 2 amide bonds. The summed E-state index contributed by atoms with van der Waals surface area (Å²) in [4.78, 5) is 43.5. The molecule has 0 saturated carbocycles. The van der Waals surface area contributed by atoms with E-state index in [1.54, 1.807) is 34.5 Å². The number of hydrogen-bond donors (Lipinski definition) is 1. The van der Waals surface area contributed by atoms with Gasteiger partial charge in [0.25, 0.3) is 5.91 Å². The molecule has 42 heavy (non-hydrogen) atoms. The number of ether oxygens (including phenoxy) is 1. The maximum Gasteiger partial charge on any atom is 0.410 e. The van der Waals surface area contributed by atoms with Crippen LogP contribution in [0.2, 0.25) is 0 Å². The number of amides is 2. The highest BCUT2D eigenvalue weighted by Crippen LogP contribution is 2.33. The minimum Gasteiger partial charge on any atom is -0.444 e. The largest absolute Gasteiger partial charge is 0.444 e. The van der Waals surface area contributed by atoms with Crippen LogP contribution in [0.4, 0.5) is 26.6 Å². The van der Waals surface area contributed by atoms with E-state index in [2.05, 4.69) is 20.3 Å². The highest BCUT2D eigenvalue weighted by atomic mass is 19.1. The molecule has 4 aromatic rings. The fourth-order valence-electron chi connectivity index (χ4n) is 5.15. The van der Waals surface area contributed by atoms with Crippen molar-refractivity contribution in [2.75, 3.05) is 23.3 Å². The zero-order valence-electron chi connectivity index (χ0n) is 24.5. The zero-order valence-corrected chi connectivity index (χ0v) is 24.5. The van der Waals surface area contributed by atoms with Crippen molar-refractivity contribution in [2.24, 2.45) is 0 Å². The molecule has 9 nitrogen and oxygen atoms in total. The number of rotatable bonds is 5. The lowest BCUT2D eigenvalue weighted by atomic mass is 10.00. The van der Waals surface area contributed by atoms with Crippen LogP contribution in [0.1, 0.15) is 55.1 Å². The van der Waals surface area contributed by atoms with E-state index in [1.807, 2.05) is 58.9 Å². The average Bonchev–Trinajstić information content (AvgIpc) is 2.94. The van der Waals surface area contributed by atoms with E-state index in [9.17, 15) is 9.59 Å². The summed E-state index contributed by atoms with van der Waals surface area (Å²) in [6.07, 6.45) is 5.79. The SMILES string of the molecule is Cc1cnc(Nc2ccc(C(=O)N(c3nccc4cccc(C)c34)[C@@H]3CCCN(C(=O)OC(C)(C)C)C3)c(F)c2)nc1. The first-order valence-electron chi connectivity index (χ1n) is 14.0. The molecule has 0 bridgehead atoms. The Bertz CT molecular complexity index is 1610. The van der Waals surface area contributed by atoms with Crippen LogP contribution in [0.25, 0.3) is 10.8 Å². The number of carbonyl (C=O) groups excluding carboxylic acids is 2. The number of fused-ring (bicyclic) bond motifs is 1. The minimum atomic E-state index is -0.695. The second-order valence-corrected chi connectivity index (χ2v) is 11.6. The topological polar surface area (TPSA) is 101 Å². The van der Waals surface area contributed by atoms with Crippen LogP contribution >= 0.6 is 0 Å². The van der Waals surface area contributed by atoms with Gasteiger partial charge in [-0.1, -0.05) is 18.2 Å². The van der Waals surface area contributed by atoms with E-state index in [0.717, 1.165) is 21.9 Å². The molecule has 1 atom stereocenters. The molecule has 5 rings (SSSR count). The summed E-state index contributed by atoms with van der Waals surface area (Å²) in [5, 5.41) is 4.69. The third kappa shape index (κ3) is 6.32. The van der Waals surface area contributed by atoms with Gasteiger partial charge in [0, 0.05) is 42.8 Å². The Balaban J connectivity index is 1.52. The van der Waals surface area contributed by atoms with Crippen LogP contribution in [0, 0.1) is 19.7 Å². The molecule has 0 spiro atoms. The molecule has 1 saturated heterocycles. The second kappa shape index (κ2) is 11.7. The van der Waals surface area contributed by atoms with Gasteiger partial charge in [0.2, 0.25) is 5.95 Å². The fraction of sp³-hybridized carbons (Fsp3) is 0.344. The van der Waals surface area contributed by atoms with Gasteiger partial charge in [-0.3, -0.25) is 9.69 Å². The zero-order chi connectivity index (χ0) is 30.0. The molecule has 0 unspecified atom stereocenters. The van der Waals surface area contributed by atoms with E-state index in [1.165, 1.54) is 12.1 Å². The first-order valence-corrected chi connectivity index (χ1v) is 14.0. The van der Waals surface area contributed by atoms with Crippen LogP contribution in [0.5, 0.6) is 0 Å². The number of halogens is 1. The van der Waals surface area contributed by atoms with Gasteiger partial charge >= 0.3 is 6.09 Å². The lowest BCUT2D eigenvalue weighted by Crippen LogP contribution is -2.53. The Kier molecular flexibility index (Phi) is 8.06. The van der Waals surface area contributed by atoms with Crippen LogP contribution in [0.15, 0.2) is 61.1 Å². The van der Waals surface area contributed by atoms with Crippen molar-refractivity contribution in [3.63, 3.8) is 0 Å². The van der Waals surface area contributed by atoms with E-state index in [-0.39, 0.29) is 12.1 Å². The molecule has 2 aromatic carbocycles. The number of likely N-dealkylation sites (tertiary alicyclic amines) is 1. The summed E-state index contributed by atoms with van der Waals surface area (Å²) >= 11 is 0. The van der Waals surface area contributed by atoms with Crippen LogP contribution < -0.4 is 10.2 Å². The third-order valence-electron chi connectivity index (χ3n) is 7.08. The highest BCUT2D eigenvalue weighted by Gasteiger charge is 2.36. The number of aromatic nitrogens is 3. The molecule has 1 aliphatic rings. The Hall–Kier alpha value is -4.60. The molecule has 2 aromatic heterocycles. The van der Waals surface area contributed by atoms with Crippen molar-refractivity contribution in [1.82, 2.24) is 19.9 Å². The van der Waals surface area contributed by atoms with Crippen molar-refractivity contribution in [2.45, 2.75) is 59.1 Å². The maximum atomic E-state index is 15.7. The second-order valence-electron chi connectivity index (χ2n) is 11.6. The highest BCUT2D eigenvalue weighted by molar-refractivity contribution is 6.11. The van der Waals surface area contributed by atoms with E-state index < -0.39 is 29.5 Å². The lowest BCUT2D eigenvalue weighted by Gasteiger charge is -2.39. The molecule has 1 N–H and O–H groups in total. The molecule has 218 valence electrons. The molecule has 0 aliphatic carbocycles. The smallest absolute Gasteiger partial charge is 0.410 e. The predicted molar refractivity (Wildman–Crippen MR) is 161 cm³/mol. The van der Waals surface area contributed by atoms with Gasteiger partial charge in [-0.05, 0) is 88.2 Å². The number of aryl methyl sites for hydroxylation is 2. The number of piperidine rings is 1. The quantitative estimate of drug-likeness (QED) is 0.290. The van der Waals surface area contributed by atoms with Crippen molar-refractivity contribution < 1.29 is 18.7 Å². The Morgan fingerprint density at radius 2 is 1.83 bits per heavy atom. The molecular formula is C32H35FN6O3. The van der Waals surface area contributed by atoms with Gasteiger partial charge in [0.15, 0.2) is 0 Å². The van der Waals surface area contributed by atoms with Crippen LogP contribution in [-0.2, 0) is 4.74 Å². The van der Waals surface area contributed by atoms with Crippen molar-refractivity contribution in [1.29, 1.82) is 0 Å². The van der Waals surface area contributed by atoms with Gasteiger partial charge in [0.1, 0.15) is 17.2 Å². The summed E-state index contributed by atoms with van der Waals surface area (Å²) in [5.41, 5.74) is 1.49. The van der Waals surface area contributed by atoms with E-state index in [0.29, 0.717) is 36.8 Å². The fourth-order valence-corrected chi connectivity index (χ4v) is 5.15. The summed E-state index contributed by atoms with van der Waals surface area (Å²) in [5.74, 6) is -0.481. The van der Waals surface area contributed by atoms with Crippen molar-refractivity contribution in [3.8, 4) is 0 Å². The number of benzene rings is 2. The van der Waals surface area contributed by atoms with Gasteiger partial charge in [0.05, 0.1) is 11.6 Å². The molecular weight excluding hydrogens is 535 g/mol. The van der Waals surface area contributed by atoms with Gasteiger partial charge in [-0.25, -0.2) is 24.1 Å². The number of hydrogen-bond acceptors (Lipinski definition) is 7. The number of nitrogens with zero attached hydrogens (tertiary/aromatic N) is 5. The lowest BCUT2D eigenvalue weighted by molar-refractivity contribution is 0.0196. The monoisotopic (exact) mass is 570 g/mol. The first-order chi connectivity index (χ1) is 20.0. The number of nitrogens with one attached hydrogen (secondary N) is 1. The molecule has 0 radical (unpaired) electrons. The average molecular weight is 571 g/mol. The summed E-state index contributed by atoms with van der Waals surface area (Å²) in [7, 11) is 0. The van der Waals surface area contributed by atoms with Crippen LogP contribution in [0.3, 0.4) is 0 Å². The van der Waals surface area contributed by atoms with E-state index in [4.69, 9.17) is 4.74 Å². The summed E-state index contributed by atoms with van der Waals surface area (Å²) in [6.45, 7) is 10.0. The Labute approximate surface area is 244 Å². The maximum absolute atomic E-state index is 15.7. The number of carbonyl (C=O) groups is 2. The van der Waals surface area contributed by atoms with Crippen LogP contribution in [-0.4, -0.2) is 56.6 Å². The molecule has 1 aliphatic heterocycles. The summed E-state index contributed by atoms with van der Waals surface area (Å²) < 4.78 is 21.3. The normalized spacial score (nSPS) is 15.4. The minimum absolute atomic E-state index is 0.104. The number of pyridine rings is 1. The van der Waals surface area contributed by atoms with Gasteiger partial charge in [-0.15, -0.1) is 0 Å². The van der Waals surface area contributed by atoms with Gasteiger partial charge < -0.3 is 15.0 Å². The Morgan fingerprint density at radius 1 is 1.07 bits per heavy atom. The Morgan fingerprint density at radius 3 is 2.55 bits per heavy atom. The van der Waals surface area contributed by atoms with Gasteiger partial charge in [-0.2, -0.15) is 0 Å².